The minimum Gasteiger partial charge on any atom is -0.440 e. The number of rotatable bonds is 7. The third kappa shape index (κ3) is 4.10. The predicted octanol–water partition coefficient (Wildman–Crippen LogP) is 5.68. The third-order valence-corrected chi connectivity index (χ3v) is 5.59. The molecule has 0 aliphatic rings. The number of carbonyl (C=O) groups excluding carboxylic acids is 1. The van der Waals surface area contributed by atoms with E-state index in [1.165, 1.54) is 17.7 Å². The van der Waals surface area contributed by atoms with Gasteiger partial charge in [0.25, 0.3) is 5.91 Å². The monoisotopic (exact) mass is 393 g/mol. The quantitative estimate of drug-likeness (QED) is 0.561. The summed E-state index contributed by atoms with van der Waals surface area (Å²) >= 11 is 1.65. The van der Waals surface area contributed by atoms with Crippen molar-refractivity contribution in [2.45, 2.75) is 27.2 Å². The number of nitrogens with one attached hydrogen (secondary N) is 1. The first-order valence-corrected chi connectivity index (χ1v) is 10.2. The van der Waals surface area contributed by atoms with E-state index in [-0.39, 0.29) is 17.4 Å². The normalized spacial score (nSPS) is 10.5. The topological polar surface area (TPSA) is 69.3 Å². The van der Waals surface area contributed by atoms with Crippen LogP contribution in [-0.4, -0.2) is 19.0 Å². The Kier molecular flexibility index (Phi) is 6.17. The molecule has 1 aromatic carbocycles. The van der Waals surface area contributed by atoms with E-state index >= 15 is 0 Å². The second kappa shape index (κ2) is 8.77. The Balaban J connectivity index is 1.99. The highest BCUT2D eigenvalue weighted by Gasteiger charge is 2.17. The summed E-state index contributed by atoms with van der Waals surface area (Å²) in [5, 5.41) is 13.9. The van der Waals surface area contributed by atoms with Crippen LogP contribution >= 0.6 is 11.3 Å². The Morgan fingerprint density at radius 1 is 1.25 bits per heavy atom. The number of amides is 1. The van der Waals surface area contributed by atoms with Crippen molar-refractivity contribution in [2.75, 3.05) is 23.3 Å². The minimum atomic E-state index is -0.370. The van der Waals surface area contributed by atoms with Gasteiger partial charge in [0.15, 0.2) is 5.76 Å². The molecule has 5 nitrogen and oxygen atoms in total. The Bertz CT molecular complexity index is 1010. The first-order chi connectivity index (χ1) is 13.6. The summed E-state index contributed by atoms with van der Waals surface area (Å²) in [7, 11) is 0. The maximum Gasteiger partial charge on any atom is 0.291 e. The Hall–Kier alpha value is -3.04. The molecule has 6 heteroatoms. The van der Waals surface area contributed by atoms with Gasteiger partial charge in [0, 0.05) is 34.9 Å². The van der Waals surface area contributed by atoms with Gasteiger partial charge in [-0.05, 0) is 67.6 Å². The molecule has 0 unspecified atom stereocenters. The molecule has 0 bridgehead atoms. The maximum absolute atomic E-state index is 12.6. The number of benzene rings is 1. The number of aryl methyl sites for hydroxylation is 1. The van der Waals surface area contributed by atoms with Crippen LogP contribution in [0.1, 0.15) is 42.1 Å². The highest BCUT2D eigenvalue weighted by molar-refractivity contribution is 7.13. The predicted molar refractivity (Wildman–Crippen MR) is 114 cm³/mol. The molecular formula is C22H23N3O2S. The smallest absolute Gasteiger partial charge is 0.291 e. The molecule has 1 N–H and O–H groups in total. The lowest BCUT2D eigenvalue weighted by molar-refractivity contribution is 0.0996. The fraction of sp³-hybridized carbons (Fsp3) is 0.273. The van der Waals surface area contributed by atoms with Crippen LogP contribution < -0.4 is 10.2 Å². The molecule has 0 fully saturated rings. The van der Waals surface area contributed by atoms with Gasteiger partial charge >= 0.3 is 0 Å². The van der Waals surface area contributed by atoms with Gasteiger partial charge in [0.05, 0.1) is 0 Å². The van der Waals surface area contributed by atoms with Crippen LogP contribution in [0.2, 0.25) is 0 Å². The van der Waals surface area contributed by atoms with Crippen molar-refractivity contribution in [2.24, 2.45) is 0 Å². The number of carbonyl (C=O) groups is 1. The van der Waals surface area contributed by atoms with Gasteiger partial charge in [0.1, 0.15) is 6.07 Å². The van der Waals surface area contributed by atoms with Gasteiger partial charge in [-0.3, -0.25) is 4.79 Å². The van der Waals surface area contributed by atoms with Gasteiger partial charge in [-0.15, -0.1) is 11.3 Å². The second-order valence-corrected chi connectivity index (χ2v) is 7.39. The Morgan fingerprint density at radius 3 is 2.68 bits per heavy atom. The maximum atomic E-state index is 12.6. The Morgan fingerprint density at radius 2 is 2.07 bits per heavy atom. The molecule has 3 rings (SSSR count). The minimum absolute atomic E-state index is 0.118. The zero-order chi connectivity index (χ0) is 20.1. The first kappa shape index (κ1) is 19.7. The van der Waals surface area contributed by atoms with E-state index in [4.69, 9.17) is 9.68 Å². The van der Waals surface area contributed by atoms with E-state index < -0.39 is 0 Å². The number of nitriles is 1. The number of hydrogen-bond donors (Lipinski definition) is 1. The number of hydrogen-bond acceptors (Lipinski definition) is 5. The molecule has 0 radical (unpaired) electrons. The third-order valence-electron chi connectivity index (χ3n) is 4.54. The van der Waals surface area contributed by atoms with Crippen molar-refractivity contribution in [1.29, 1.82) is 5.26 Å². The van der Waals surface area contributed by atoms with Crippen LogP contribution in [0.4, 0.5) is 11.4 Å². The highest BCUT2D eigenvalue weighted by atomic mass is 32.1. The van der Waals surface area contributed by atoms with Crippen molar-refractivity contribution in [3.05, 3.63) is 58.9 Å². The average molecular weight is 394 g/mol. The van der Waals surface area contributed by atoms with E-state index in [1.54, 1.807) is 11.3 Å². The van der Waals surface area contributed by atoms with Crippen LogP contribution in [0, 0.1) is 18.3 Å². The fourth-order valence-corrected chi connectivity index (χ4v) is 4.08. The lowest BCUT2D eigenvalue weighted by atomic mass is 10.1. The number of anilines is 2. The molecule has 0 saturated heterocycles. The van der Waals surface area contributed by atoms with Crippen LogP contribution in [0.5, 0.6) is 0 Å². The van der Waals surface area contributed by atoms with Crippen LogP contribution in [0.25, 0.3) is 10.4 Å². The van der Waals surface area contributed by atoms with Gasteiger partial charge in [0.2, 0.25) is 5.76 Å². The van der Waals surface area contributed by atoms with Gasteiger partial charge in [-0.2, -0.15) is 5.26 Å². The summed E-state index contributed by atoms with van der Waals surface area (Å²) in [4.78, 5) is 16.1. The van der Waals surface area contributed by atoms with E-state index in [0.29, 0.717) is 0 Å². The number of furan rings is 1. The number of thiophene rings is 1. The molecule has 2 heterocycles. The molecule has 0 saturated carbocycles. The largest absolute Gasteiger partial charge is 0.440 e. The lowest BCUT2D eigenvalue weighted by Gasteiger charge is -2.24. The standard InChI is InChI=1S/C22H23N3O2S/c1-4-11-25(5-2)16-6-8-19(18(13-16)21-15(3)10-12-28-21)24-22(26)20-9-7-17(14-23)27-20/h6-10,12-13H,4-5,11H2,1-3H3,(H,24,26). The van der Waals surface area contributed by atoms with Crippen molar-refractivity contribution >= 4 is 28.6 Å². The lowest BCUT2D eigenvalue weighted by Crippen LogP contribution is -2.23. The summed E-state index contributed by atoms with van der Waals surface area (Å²) in [5.41, 5.74) is 4.01. The molecule has 0 aliphatic carbocycles. The van der Waals surface area contributed by atoms with E-state index in [2.05, 4.69) is 48.5 Å². The van der Waals surface area contributed by atoms with Gasteiger partial charge in [-0.25, -0.2) is 0 Å². The summed E-state index contributed by atoms with van der Waals surface area (Å²) in [6.07, 6.45) is 1.07. The summed E-state index contributed by atoms with van der Waals surface area (Å²) < 4.78 is 5.25. The van der Waals surface area contributed by atoms with Gasteiger partial charge in [-0.1, -0.05) is 6.92 Å². The molecule has 28 heavy (non-hydrogen) atoms. The molecule has 0 aliphatic heterocycles. The van der Waals surface area contributed by atoms with Crippen LogP contribution in [0.15, 0.2) is 46.2 Å². The summed E-state index contributed by atoms with van der Waals surface area (Å²) in [5.74, 6) is -0.130. The van der Waals surface area contributed by atoms with Crippen molar-refractivity contribution < 1.29 is 9.21 Å². The van der Waals surface area contributed by atoms with Gasteiger partial charge < -0.3 is 14.6 Å². The zero-order valence-electron chi connectivity index (χ0n) is 16.3. The second-order valence-electron chi connectivity index (χ2n) is 6.47. The highest BCUT2D eigenvalue weighted by Crippen LogP contribution is 2.37. The molecule has 1 amide bonds. The molecular weight excluding hydrogens is 370 g/mol. The Labute approximate surface area is 169 Å². The molecule has 0 spiro atoms. The fourth-order valence-electron chi connectivity index (χ4n) is 3.12. The van der Waals surface area contributed by atoms with Crippen molar-refractivity contribution in [1.82, 2.24) is 0 Å². The molecule has 3 aromatic rings. The number of nitrogens with zero attached hydrogens (tertiary/aromatic N) is 2. The average Bonchev–Trinajstić information content (AvgIpc) is 3.35. The van der Waals surface area contributed by atoms with Crippen LogP contribution in [-0.2, 0) is 0 Å². The van der Waals surface area contributed by atoms with E-state index in [1.807, 2.05) is 18.2 Å². The van der Waals surface area contributed by atoms with E-state index in [9.17, 15) is 4.79 Å². The first-order valence-electron chi connectivity index (χ1n) is 9.32. The zero-order valence-corrected chi connectivity index (χ0v) is 17.1. The molecule has 0 atom stereocenters. The van der Waals surface area contributed by atoms with Crippen molar-refractivity contribution in [3.8, 4) is 16.5 Å². The molecule has 2 aromatic heterocycles. The van der Waals surface area contributed by atoms with Crippen LogP contribution in [0.3, 0.4) is 0 Å². The van der Waals surface area contributed by atoms with E-state index in [0.717, 1.165) is 41.3 Å². The SMILES string of the molecule is CCCN(CC)c1ccc(NC(=O)c2ccc(C#N)o2)c(-c2sccc2C)c1. The molecule has 144 valence electrons. The summed E-state index contributed by atoms with van der Waals surface area (Å²) in [6, 6.07) is 13.1. The van der Waals surface area contributed by atoms with Crippen molar-refractivity contribution in [3.63, 3.8) is 0 Å². The summed E-state index contributed by atoms with van der Waals surface area (Å²) in [6.45, 7) is 8.28.